The molecular formula is C7H8N2S. The third kappa shape index (κ3) is 0.904. The van der Waals surface area contributed by atoms with E-state index in [0.29, 0.717) is 5.25 Å². The first kappa shape index (κ1) is 6.16. The fourth-order valence-electron chi connectivity index (χ4n) is 1.12. The Morgan fingerprint density at radius 3 is 3.50 bits per heavy atom. The van der Waals surface area contributed by atoms with Gasteiger partial charge in [0.25, 0.3) is 0 Å². The van der Waals surface area contributed by atoms with Crippen molar-refractivity contribution in [2.75, 3.05) is 0 Å². The van der Waals surface area contributed by atoms with Gasteiger partial charge in [0.1, 0.15) is 0 Å². The van der Waals surface area contributed by atoms with Crippen molar-refractivity contribution in [2.45, 2.75) is 18.6 Å². The number of hydrogen-bond acceptors (Lipinski definition) is 3. The molecule has 3 heteroatoms. The molecule has 0 bridgehead atoms. The molecule has 2 nitrogen and oxygen atoms in total. The molecule has 1 atom stereocenters. The Hall–Kier alpha value is -0.570. The van der Waals surface area contributed by atoms with E-state index in [1.54, 1.807) is 11.9 Å². The Morgan fingerprint density at radius 2 is 2.60 bits per heavy atom. The highest BCUT2D eigenvalue weighted by Crippen LogP contribution is 2.35. The molecular weight excluding hydrogens is 144 g/mol. The molecule has 0 saturated carbocycles. The molecule has 0 aromatic rings. The lowest BCUT2D eigenvalue weighted by Crippen LogP contribution is -2.02. The van der Waals surface area contributed by atoms with Gasteiger partial charge in [-0.1, -0.05) is 11.6 Å². The van der Waals surface area contributed by atoms with Gasteiger partial charge >= 0.3 is 0 Å². The van der Waals surface area contributed by atoms with Gasteiger partial charge in [-0.05, 0) is 19.4 Å². The Bertz CT molecular complexity index is 240. The van der Waals surface area contributed by atoms with Crippen LogP contribution in [-0.4, -0.2) is 5.25 Å². The highest BCUT2D eigenvalue weighted by Gasteiger charge is 2.21. The first-order valence-electron chi connectivity index (χ1n) is 3.31. The SMILES string of the molecule is CC1=CCC2SN=NC2=C1. The van der Waals surface area contributed by atoms with Crippen molar-refractivity contribution in [3.05, 3.63) is 23.4 Å². The van der Waals surface area contributed by atoms with Crippen LogP contribution >= 0.6 is 11.9 Å². The van der Waals surface area contributed by atoms with E-state index in [9.17, 15) is 0 Å². The van der Waals surface area contributed by atoms with Gasteiger partial charge in [-0.15, -0.1) is 9.63 Å². The fourth-order valence-corrected chi connectivity index (χ4v) is 1.78. The highest BCUT2D eigenvalue weighted by molar-refractivity contribution is 7.98. The summed E-state index contributed by atoms with van der Waals surface area (Å²) in [4.78, 5) is 0. The first-order chi connectivity index (χ1) is 4.86. The van der Waals surface area contributed by atoms with E-state index in [-0.39, 0.29) is 0 Å². The molecule has 10 heavy (non-hydrogen) atoms. The number of fused-ring (bicyclic) bond motifs is 1. The molecule has 0 spiro atoms. The lowest BCUT2D eigenvalue weighted by Gasteiger charge is -2.09. The van der Waals surface area contributed by atoms with Gasteiger partial charge in [0, 0.05) is 11.9 Å². The van der Waals surface area contributed by atoms with Gasteiger partial charge in [-0.2, -0.15) is 0 Å². The summed E-state index contributed by atoms with van der Waals surface area (Å²) in [5, 5.41) is 4.53. The summed E-state index contributed by atoms with van der Waals surface area (Å²) in [7, 11) is 0. The van der Waals surface area contributed by atoms with Crippen LogP contribution in [0, 0.1) is 0 Å². The standard InChI is InChI=1S/C7H8N2S/c1-5-2-3-7-6(4-5)8-9-10-7/h2,4,7H,3H2,1H3. The van der Waals surface area contributed by atoms with Crippen molar-refractivity contribution >= 4 is 11.9 Å². The van der Waals surface area contributed by atoms with E-state index in [0.717, 1.165) is 12.1 Å². The lowest BCUT2D eigenvalue weighted by atomic mass is 10.1. The molecule has 2 rings (SSSR count). The molecule has 0 saturated heterocycles. The predicted molar refractivity (Wildman–Crippen MR) is 42.7 cm³/mol. The smallest absolute Gasteiger partial charge is 0.0792 e. The Labute approximate surface area is 64.2 Å². The zero-order valence-corrected chi connectivity index (χ0v) is 6.56. The zero-order chi connectivity index (χ0) is 6.97. The minimum absolute atomic E-state index is 0.517. The maximum absolute atomic E-state index is 4.02. The minimum Gasteiger partial charge on any atom is -0.147 e. The van der Waals surface area contributed by atoms with Gasteiger partial charge in [-0.25, -0.2) is 0 Å². The van der Waals surface area contributed by atoms with E-state index >= 15 is 0 Å². The van der Waals surface area contributed by atoms with Crippen LogP contribution in [0.25, 0.3) is 0 Å². The van der Waals surface area contributed by atoms with E-state index in [4.69, 9.17) is 0 Å². The Morgan fingerprint density at radius 1 is 1.70 bits per heavy atom. The van der Waals surface area contributed by atoms with Crippen molar-refractivity contribution in [3.63, 3.8) is 0 Å². The number of allylic oxidation sites excluding steroid dienone is 3. The van der Waals surface area contributed by atoms with E-state index < -0.39 is 0 Å². The van der Waals surface area contributed by atoms with Crippen molar-refractivity contribution in [1.82, 2.24) is 0 Å². The molecule has 0 radical (unpaired) electrons. The molecule has 1 aliphatic carbocycles. The highest BCUT2D eigenvalue weighted by atomic mass is 32.2. The molecule has 52 valence electrons. The average Bonchev–Trinajstić information content (AvgIpc) is 2.33. The second-order valence-corrected chi connectivity index (χ2v) is 3.47. The summed E-state index contributed by atoms with van der Waals surface area (Å²) in [6.45, 7) is 2.10. The van der Waals surface area contributed by atoms with Crippen LogP contribution in [0.3, 0.4) is 0 Å². The van der Waals surface area contributed by atoms with Crippen LogP contribution in [0.5, 0.6) is 0 Å². The molecule has 0 N–H and O–H groups in total. The van der Waals surface area contributed by atoms with E-state index in [2.05, 4.69) is 28.7 Å². The molecule has 1 aliphatic heterocycles. The van der Waals surface area contributed by atoms with Gasteiger partial charge in [0.15, 0.2) is 0 Å². The van der Waals surface area contributed by atoms with E-state index in [1.807, 2.05) is 0 Å². The van der Waals surface area contributed by atoms with Crippen LogP contribution in [-0.2, 0) is 0 Å². The number of nitrogens with zero attached hydrogens (tertiary/aromatic N) is 2. The molecule has 1 unspecified atom stereocenters. The fraction of sp³-hybridized carbons (Fsp3) is 0.429. The van der Waals surface area contributed by atoms with Crippen LogP contribution in [0.2, 0.25) is 0 Å². The molecule has 2 aliphatic rings. The zero-order valence-electron chi connectivity index (χ0n) is 5.74. The van der Waals surface area contributed by atoms with Crippen LogP contribution in [0.1, 0.15) is 13.3 Å². The third-order valence-electron chi connectivity index (χ3n) is 1.69. The Kier molecular flexibility index (Phi) is 1.38. The average molecular weight is 152 g/mol. The maximum Gasteiger partial charge on any atom is 0.0792 e. The second kappa shape index (κ2) is 2.23. The second-order valence-electron chi connectivity index (χ2n) is 2.53. The quantitative estimate of drug-likeness (QED) is 0.490. The normalized spacial score (nSPS) is 29.5. The van der Waals surface area contributed by atoms with Crippen LogP contribution in [0.15, 0.2) is 33.1 Å². The molecule has 0 amide bonds. The molecule has 0 fully saturated rings. The lowest BCUT2D eigenvalue weighted by molar-refractivity contribution is 0.957. The van der Waals surface area contributed by atoms with Crippen molar-refractivity contribution in [3.8, 4) is 0 Å². The van der Waals surface area contributed by atoms with Crippen LogP contribution < -0.4 is 0 Å². The monoisotopic (exact) mass is 152 g/mol. The largest absolute Gasteiger partial charge is 0.147 e. The summed E-state index contributed by atoms with van der Waals surface area (Å²) in [5.74, 6) is 0. The minimum atomic E-state index is 0.517. The Balaban J connectivity index is 2.31. The maximum atomic E-state index is 4.02. The summed E-state index contributed by atoms with van der Waals surface area (Å²) in [6, 6.07) is 0. The summed E-state index contributed by atoms with van der Waals surface area (Å²) >= 11 is 1.57. The van der Waals surface area contributed by atoms with Gasteiger partial charge in [0.2, 0.25) is 0 Å². The van der Waals surface area contributed by atoms with Gasteiger partial charge < -0.3 is 0 Å². The molecule has 0 aromatic heterocycles. The van der Waals surface area contributed by atoms with Gasteiger partial charge in [0.05, 0.1) is 10.9 Å². The van der Waals surface area contributed by atoms with Crippen molar-refractivity contribution < 1.29 is 0 Å². The van der Waals surface area contributed by atoms with Crippen molar-refractivity contribution in [2.24, 2.45) is 9.63 Å². The predicted octanol–water partition coefficient (Wildman–Crippen LogP) is 2.70. The topological polar surface area (TPSA) is 24.7 Å². The summed E-state index contributed by atoms with van der Waals surface area (Å²) in [5.41, 5.74) is 2.46. The van der Waals surface area contributed by atoms with E-state index in [1.165, 1.54) is 5.57 Å². The molecule has 1 heterocycles. The summed E-state index contributed by atoms with van der Waals surface area (Å²) < 4.78 is 3.90. The van der Waals surface area contributed by atoms with Crippen LogP contribution in [0.4, 0.5) is 0 Å². The van der Waals surface area contributed by atoms with Gasteiger partial charge in [-0.3, -0.25) is 0 Å². The first-order valence-corrected chi connectivity index (χ1v) is 4.15. The number of rotatable bonds is 0. The van der Waals surface area contributed by atoms with Crippen molar-refractivity contribution in [1.29, 1.82) is 0 Å². The number of hydrogen-bond donors (Lipinski definition) is 0. The molecule has 0 aromatic carbocycles. The third-order valence-corrected chi connectivity index (χ3v) is 2.55. The summed E-state index contributed by atoms with van der Waals surface area (Å²) in [6.07, 6.45) is 5.44.